The van der Waals surface area contributed by atoms with Crippen LogP contribution < -0.4 is 10.2 Å². The van der Waals surface area contributed by atoms with Gasteiger partial charge in [0.05, 0.1) is 17.1 Å². The predicted octanol–water partition coefficient (Wildman–Crippen LogP) is 2.29. The predicted molar refractivity (Wildman–Crippen MR) is 85.4 cm³/mol. The van der Waals surface area contributed by atoms with Crippen molar-refractivity contribution < 1.29 is 13.2 Å². The average Bonchev–Trinajstić information content (AvgIpc) is 2.67. The molecule has 1 amide bonds. The first-order valence-electron chi connectivity index (χ1n) is 6.44. The number of hydrogen-bond donors (Lipinski definition) is 1. The van der Waals surface area contributed by atoms with E-state index in [1.54, 1.807) is 18.2 Å². The third-order valence-electron chi connectivity index (χ3n) is 3.17. The molecule has 0 aliphatic carbocycles. The van der Waals surface area contributed by atoms with Crippen molar-refractivity contribution in [3.8, 4) is 0 Å². The summed E-state index contributed by atoms with van der Waals surface area (Å²) >= 11 is 5.95. The minimum Gasteiger partial charge on any atom is -0.376 e. The monoisotopic (exact) mass is 328 g/mol. The number of benzene rings is 1. The van der Waals surface area contributed by atoms with Crippen molar-refractivity contribution in [2.75, 3.05) is 30.1 Å². The van der Waals surface area contributed by atoms with Crippen LogP contribution in [0.5, 0.6) is 0 Å². The van der Waals surface area contributed by atoms with Gasteiger partial charge in [-0.15, -0.1) is 0 Å². The van der Waals surface area contributed by atoms with Crippen LogP contribution in [-0.4, -0.2) is 34.2 Å². The number of nitrogens with one attached hydrogen (secondary N) is 1. The first-order valence-corrected chi connectivity index (χ1v) is 8.54. The van der Waals surface area contributed by atoms with Crippen LogP contribution in [0.2, 0.25) is 5.02 Å². The van der Waals surface area contributed by atoms with Gasteiger partial charge >= 0.3 is 0 Å². The SMILES string of the molecule is CN(C)c1ccc(Cl)cc1NC(=O)CC1C=CS(=O)(=O)C1. The van der Waals surface area contributed by atoms with Crippen LogP contribution in [0.25, 0.3) is 0 Å². The number of carbonyl (C=O) groups is 1. The molecule has 1 aliphatic heterocycles. The lowest BCUT2D eigenvalue weighted by molar-refractivity contribution is -0.116. The molecule has 1 aliphatic rings. The van der Waals surface area contributed by atoms with Gasteiger partial charge in [0.25, 0.3) is 0 Å². The highest BCUT2D eigenvalue weighted by atomic mass is 35.5. The van der Waals surface area contributed by atoms with E-state index in [1.807, 2.05) is 25.1 Å². The van der Waals surface area contributed by atoms with E-state index < -0.39 is 9.84 Å². The number of nitrogens with zero attached hydrogens (tertiary/aromatic N) is 1. The smallest absolute Gasteiger partial charge is 0.225 e. The van der Waals surface area contributed by atoms with Crippen LogP contribution in [0.3, 0.4) is 0 Å². The van der Waals surface area contributed by atoms with Gasteiger partial charge in [0.1, 0.15) is 0 Å². The Hall–Kier alpha value is -1.53. The number of allylic oxidation sites excluding steroid dienone is 1. The summed E-state index contributed by atoms with van der Waals surface area (Å²) < 4.78 is 22.7. The number of rotatable bonds is 4. The van der Waals surface area contributed by atoms with Gasteiger partial charge in [-0.05, 0) is 18.2 Å². The summed E-state index contributed by atoms with van der Waals surface area (Å²) in [6, 6.07) is 5.24. The summed E-state index contributed by atoms with van der Waals surface area (Å²) in [4.78, 5) is 13.9. The molecule has 0 spiro atoms. The van der Waals surface area contributed by atoms with Gasteiger partial charge in [0, 0.05) is 36.9 Å². The maximum absolute atomic E-state index is 12.1. The first kappa shape index (κ1) is 15.9. The molecule has 0 bridgehead atoms. The highest BCUT2D eigenvalue weighted by molar-refractivity contribution is 7.94. The molecule has 0 radical (unpaired) electrons. The van der Waals surface area contributed by atoms with Gasteiger partial charge in [0.15, 0.2) is 9.84 Å². The van der Waals surface area contributed by atoms with E-state index in [2.05, 4.69) is 5.32 Å². The van der Waals surface area contributed by atoms with Crippen LogP contribution in [0.4, 0.5) is 11.4 Å². The third-order valence-corrected chi connectivity index (χ3v) is 4.87. The Kier molecular flexibility index (Phi) is 4.58. The lowest BCUT2D eigenvalue weighted by Gasteiger charge is -2.18. The maximum Gasteiger partial charge on any atom is 0.225 e. The van der Waals surface area contributed by atoms with E-state index >= 15 is 0 Å². The maximum atomic E-state index is 12.1. The molecule has 1 heterocycles. The number of hydrogen-bond acceptors (Lipinski definition) is 4. The number of amides is 1. The van der Waals surface area contributed by atoms with E-state index in [9.17, 15) is 13.2 Å². The van der Waals surface area contributed by atoms with E-state index in [-0.39, 0.29) is 24.0 Å². The van der Waals surface area contributed by atoms with Crippen LogP contribution >= 0.6 is 11.6 Å². The minimum atomic E-state index is -3.13. The summed E-state index contributed by atoms with van der Waals surface area (Å²) in [6.45, 7) is 0. The average molecular weight is 329 g/mol. The van der Waals surface area contributed by atoms with Crippen molar-refractivity contribution in [2.24, 2.45) is 5.92 Å². The van der Waals surface area contributed by atoms with Crippen molar-refractivity contribution in [1.29, 1.82) is 0 Å². The van der Waals surface area contributed by atoms with Gasteiger partial charge in [-0.3, -0.25) is 4.79 Å². The summed E-state index contributed by atoms with van der Waals surface area (Å²) in [5.41, 5.74) is 1.45. The van der Waals surface area contributed by atoms with E-state index in [4.69, 9.17) is 11.6 Å². The molecule has 1 unspecified atom stereocenters. The molecule has 1 N–H and O–H groups in total. The number of carbonyl (C=O) groups excluding carboxylic acids is 1. The normalized spacial score (nSPS) is 19.5. The summed E-state index contributed by atoms with van der Waals surface area (Å²) in [5.74, 6) is -0.500. The van der Waals surface area contributed by atoms with Gasteiger partial charge in [-0.25, -0.2) is 8.42 Å². The van der Waals surface area contributed by atoms with Crippen LogP contribution in [0.1, 0.15) is 6.42 Å². The largest absolute Gasteiger partial charge is 0.376 e. The van der Waals surface area contributed by atoms with Crippen LogP contribution in [-0.2, 0) is 14.6 Å². The molecule has 0 aromatic heterocycles. The highest BCUT2D eigenvalue weighted by Gasteiger charge is 2.24. The molecule has 0 saturated heterocycles. The van der Waals surface area contributed by atoms with Gasteiger partial charge in [0.2, 0.25) is 5.91 Å². The zero-order valence-electron chi connectivity index (χ0n) is 11.8. The van der Waals surface area contributed by atoms with Gasteiger partial charge in [-0.1, -0.05) is 17.7 Å². The second-order valence-electron chi connectivity index (χ2n) is 5.23. The van der Waals surface area contributed by atoms with Crippen LogP contribution in [0, 0.1) is 5.92 Å². The second-order valence-corrected chi connectivity index (χ2v) is 7.59. The zero-order chi connectivity index (χ0) is 15.6. The fourth-order valence-electron chi connectivity index (χ4n) is 2.21. The van der Waals surface area contributed by atoms with Gasteiger partial charge < -0.3 is 10.2 Å². The first-order chi connectivity index (χ1) is 9.77. The third kappa shape index (κ3) is 4.22. The summed E-state index contributed by atoms with van der Waals surface area (Å²) in [6.07, 6.45) is 1.70. The fourth-order valence-corrected chi connectivity index (χ4v) is 3.78. The summed E-state index contributed by atoms with van der Waals surface area (Å²) in [5, 5.41) is 4.50. The van der Waals surface area contributed by atoms with E-state index in [1.165, 1.54) is 5.41 Å². The number of anilines is 2. The molecule has 1 aromatic rings. The molecule has 5 nitrogen and oxygen atoms in total. The Morgan fingerprint density at radius 2 is 2.14 bits per heavy atom. The van der Waals surface area contributed by atoms with Crippen LogP contribution in [0.15, 0.2) is 29.7 Å². The van der Waals surface area contributed by atoms with Crippen molar-refractivity contribution in [3.63, 3.8) is 0 Å². The molecule has 0 fully saturated rings. The number of sulfone groups is 1. The molecular formula is C14H17ClN2O3S. The van der Waals surface area contributed by atoms with Crippen molar-refractivity contribution >= 4 is 38.7 Å². The zero-order valence-corrected chi connectivity index (χ0v) is 13.4. The Bertz CT molecular complexity index is 683. The topological polar surface area (TPSA) is 66.5 Å². The van der Waals surface area contributed by atoms with Crippen molar-refractivity contribution in [1.82, 2.24) is 0 Å². The van der Waals surface area contributed by atoms with Crippen molar-refractivity contribution in [3.05, 3.63) is 34.7 Å². The Morgan fingerprint density at radius 3 is 2.71 bits per heavy atom. The lowest BCUT2D eigenvalue weighted by Crippen LogP contribution is -2.19. The molecule has 7 heteroatoms. The Morgan fingerprint density at radius 1 is 1.43 bits per heavy atom. The van der Waals surface area contributed by atoms with E-state index in [0.717, 1.165) is 5.69 Å². The lowest BCUT2D eigenvalue weighted by atomic mass is 10.1. The summed E-state index contributed by atoms with van der Waals surface area (Å²) in [7, 11) is 0.600. The molecule has 1 aromatic carbocycles. The molecule has 1 atom stereocenters. The Balaban J connectivity index is 2.07. The standard InChI is InChI=1S/C14H17ClN2O3S/c1-17(2)13-4-3-11(15)8-12(13)16-14(18)7-10-5-6-21(19,20)9-10/h3-6,8,10H,7,9H2,1-2H3,(H,16,18). The fraction of sp³-hybridized carbons (Fsp3) is 0.357. The minimum absolute atomic E-state index is 0.00347. The van der Waals surface area contributed by atoms with Crippen molar-refractivity contribution in [2.45, 2.75) is 6.42 Å². The Labute approximate surface area is 129 Å². The molecular weight excluding hydrogens is 312 g/mol. The van der Waals surface area contributed by atoms with Gasteiger partial charge in [-0.2, -0.15) is 0 Å². The molecule has 114 valence electrons. The molecule has 21 heavy (non-hydrogen) atoms. The number of halogens is 1. The highest BCUT2D eigenvalue weighted by Crippen LogP contribution is 2.28. The quantitative estimate of drug-likeness (QED) is 0.921. The molecule has 2 rings (SSSR count). The van der Waals surface area contributed by atoms with E-state index in [0.29, 0.717) is 10.7 Å². The second kappa shape index (κ2) is 6.07. The molecule has 0 saturated carbocycles.